The Kier molecular flexibility index (Phi) is 3.71. The maximum atomic E-state index is 5.86. The van der Waals surface area contributed by atoms with Crippen LogP contribution in [0.4, 0.5) is 0 Å². The molecule has 2 aromatic heterocycles. The summed E-state index contributed by atoms with van der Waals surface area (Å²) < 4.78 is 16.6. The van der Waals surface area contributed by atoms with E-state index in [0.717, 1.165) is 22.7 Å². The largest absolute Gasteiger partial charge is 0.496 e. The Morgan fingerprint density at radius 3 is 2.64 bits per heavy atom. The van der Waals surface area contributed by atoms with E-state index in [-0.39, 0.29) is 6.10 Å². The number of pyridine rings is 1. The highest BCUT2D eigenvalue weighted by Gasteiger charge is 2.17. The molecule has 22 heavy (non-hydrogen) atoms. The maximum absolute atomic E-state index is 5.86. The van der Waals surface area contributed by atoms with Crippen LogP contribution >= 0.6 is 0 Å². The lowest BCUT2D eigenvalue weighted by molar-refractivity contribution is 0.240. The number of methoxy groups -OCH3 is 1. The van der Waals surface area contributed by atoms with Crippen LogP contribution in [0.5, 0.6) is 11.5 Å². The summed E-state index contributed by atoms with van der Waals surface area (Å²) in [7, 11) is 1.65. The van der Waals surface area contributed by atoms with Gasteiger partial charge in [0.2, 0.25) is 5.58 Å². The molecule has 0 N–H and O–H groups in total. The highest BCUT2D eigenvalue weighted by molar-refractivity contribution is 5.85. The predicted octanol–water partition coefficient (Wildman–Crippen LogP) is 3.99. The van der Waals surface area contributed by atoms with Gasteiger partial charge in [0, 0.05) is 11.6 Å². The fourth-order valence-corrected chi connectivity index (χ4v) is 2.34. The Balaban J connectivity index is 2.23. The first kappa shape index (κ1) is 14.4. The second-order valence-electron chi connectivity index (χ2n) is 5.32. The number of hydrogen-bond acceptors (Lipinski definition) is 5. The van der Waals surface area contributed by atoms with E-state index in [1.807, 2.05) is 51.1 Å². The van der Waals surface area contributed by atoms with Gasteiger partial charge in [0.1, 0.15) is 17.0 Å². The smallest absolute Gasteiger partial charge is 0.227 e. The SMILES string of the molecule is COc1ccccc1-c1cc(OC(C)C)c2onc(C)c2n1. The third kappa shape index (κ3) is 2.50. The summed E-state index contributed by atoms with van der Waals surface area (Å²) in [6, 6.07) is 9.62. The van der Waals surface area contributed by atoms with Crippen LogP contribution < -0.4 is 9.47 Å². The first-order valence-corrected chi connectivity index (χ1v) is 7.17. The van der Waals surface area contributed by atoms with Crippen LogP contribution in [0.3, 0.4) is 0 Å². The number of para-hydroxylation sites is 1. The molecule has 0 bridgehead atoms. The van der Waals surface area contributed by atoms with Crippen LogP contribution in [-0.4, -0.2) is 23.4 Å². The van der Waals surface area contributed by atoms with Gasteiger partial charge in [-0.15, -0.1) is 0 Å². The molecule has 0 saturated heterocycles. The van der Waals surface area contributed by atoms with E-state index < -0.39 is 0 Å². The highest BCUT2D eigenvalue weighted by atomic mass is 16.5. The number of aromatic nitrogens is 2. The minimum atomic E-state index is 0.0292. The molecule has 0 saturated carbocycles. The zero-order chi connectivity index (χ0) is 15.7. The van der Waals surface area contributed by atoms with Crippen LogP contribution in [0.15, 0.2) is 34.9 Å². The molecule has 0 radical (unpaired) electrons. The minimum absolute atomic E-state index is 0.0292. The summed E-state index contributed by atoms with van der Waals surface area (Å²) in [5, 5.41) is 3.99. The number of ether oxygens (including phenoxy) is 2. The van der Waals surface area contributed by atoms with Gasteiger partial charge in [0.15, 0.2) is 5.75 Å². The fraction of sp³-hybridized carbons (Fsp3) is 0.294. The summed E-state index contributed by atoms with van der Waals surface area (Å²) in [5.74, 6) is 1.40. The molecular weight excluding hydrogens is 280 g/mol. The number of nitrogens with zero attached hydrogens (tertiary/aromatic N) is 2. The van der Waals surface area contributed by atoms with Gasteiger partial charge in [-0.3, -0.25) is 0 Å². The van der Waals surface area contributed by atoms with E-state index in [1.165, 1.54) is 0 Å². The third-order valence-corrected chi connectivity index (χ3v) is 3.30. The van der Waals surface area contributed by atoms with Gasteiger partial charge in [-0.05, 0) is 32.9 Å². The van der Waals surface area contributed by atoms with Crippen molar-refractivity contribution in [3.63, 3.8) is 0 Å². The Morgan fingerprint density at radius 1 is 1.14 bits per heavy atom. The monoisotopic (exact) mass is 298 g/mol. The predicted molar refractivity (Wildman–Crippen MR) is 84.3 cm³/mol. The topological polar surface area (TPSA) is 57.4 Å². The zero-order valence-electron chi connectivity index (χ0n) is 13.1. The molecule has 5 nitrogen and oxygen atoms in total. The summed E-state index contributed by atoms with van der Waals surface area (Å²) in [6.45, 7) is 5.81. The van der Waals surface area contributed by atoms with Crippen molar-refractivity contribution in [2.45, 2.75) is 26.9 Å². The van der Waals surface area contributed by atoms with E-state index in [4.69, 9.17) is 14.0 Å². The molecule has 0 aliphatic carbocycles. The average Bonchev–Trinajstić information content (AvgIpc) is 2.88. The van der Waals surface area contributed by atoms with Crippen LogP contribution in [-0.2, 0) is 0 Å². The van der Waals surface area contributed by atoms with Gasteiger partial charge >= 0.3 is 0 Å². The van der Waals surface area contributed by atoms with Gasteiger partial charge in [-0.2, -0.15) is 0 Å². The molecule has 0 aliphatic rings. The Morgan fingerprint density at radius 2 is 1.91 bits per heavy atom. The normalized spacial score (nSPS) is 11.1. The quantitative estimate of drug-likeness (QED) is 0.728. The minimum Gasteiger partial charge on any atom is -0.496 e. The summed E-state index contributed by atoms with van der Waals surface area (Å²) in [4.78, 5) is 4.67. The average molecular weight is 298 g/mol. The molecule has 0 unspecified atom stereocenters. The van der Waals surface area contributed by atoms with Gasteiger partial charge < -0.3 is 14.0 Å². The number of aryl methyl sites for hydroxylation is 1. The maximum Gasteiger partial charge on any atom is 0.227 e. The van der Waals surface area contributed by atoms with Crippen molar-refractivity contribution in [1.29, 1.82) is 0 Å². The van der Waals surface area contributed by atoms with E-state index in [0.29, 0.717) is 16.8 Å². The van der Waals surface area contributed by atoms with E-state index >= 15 is 0 Å². The molecule has 2 heterocycles. The second kappa shape index (κ2) is 5.67. The van der Waals surface area contributed by atoms with Crippen LogP contribution in [0.25, 0.3) is 22.4 Å². The zero-order valence-corrected chi connectivity index (χ0v) is 13.1. The van der Waals surface area contributed by atoms with Crippen LogP contribution in [0.2, 0.25) is 0 Å². The van der Waals surface area contributed by atoms with Crippen molar-refractivity contribution in [2.24, 2.45) is 0 Å². The Hall–Kier alpha value is -2.56. The summed E-state index contributed by atoms with van der Waals surface area (Å²) >= 11 is 0. The standard InChI is InChI=1S/C17H18N2O3/c1-10(2)21-15-9-13(12-7-5-6-8-14(12)20-4)18-16-11(3)19-22-17(15)16/h5-10H,1-4H3. The van der Waals surface area contributed by atoms with Gasteiger partial charge in [-0.1, -0.05) is 17.3 Å². The molecule has 114 valence electrons. The van der Waals surface area contributed by atoms with Crippen molar-refractivity contribution >= 4 is 11.1 Å². The van der Waals surface area contributed by atoms with Crippen molar-refractivity contribution in [2.75, 3.05) is 7.11 Å². The number of fused-ring (bicyclic) bond motifs is 1. The first-order valence-electron chi connectivity index (χ1n) is 7.17. The lowest BCUT2D eigenvalue weighted by atomic mass is 10.1. The van der Waals surface area contributed by atoms with E-state index in [2.05, 4.69) is 10.1 Å². The van der Waals surface area contributed by atoms with E-state index in [1.54, 1.807) is 7.11 Å². The summed E-state index contributed by atoms with van der Waals surface area (Å²) in [5.41, 5.74) is 3.69. The molecule has 5 heteroatoms. The molecule has 0 aliphatic heterocycles. The van der Waals surface area contributed by atoms with Crippen LogP contribution in [0, 0.1) is 6.92 Å². The van der Waals surface area contributed by atoms with Crippen molar-refractivity contribution in [1.82, 2.24) is 10.1 Å². The van der Waals surface area contributed by atoms with Crippen molar-refractivity contribution in [3.8, 4) is 22.8 Å². The number of hydrogen-bond donors (Lipinski definition) is 0. The number of rotatable bonds is 4. The Bertz CT molecular complexity index is 809. The molecular formula is C17H18N2O3. The lowest BCUT2D eigenvalue weighted by Gasteiger charge is -2.12. The fourth-order valence-electron chi connectivity index (χ4n) is 2.34. The van der Waals surface area contributed by atoms with Gasteiger partial charge in [0.25, 0.3) is 0 Å². The summed E-state index contributed by atoms with van der Waals surface area (Å²) in [6.07, 6.45) is 0.0292. The lowest BCUT2D eigenvalue weighted by Crippen LogP contribution is -2.06. The van der Waals surface area contributed by atoms with Crippen molar-refractivity contribution in [3.05, 3.63) is 36.0 Å². The number of benzene rings is 1. The van der Waals surface area contributed by atoms with E-state index in [9.17, 15) is 0 Å². The molecule has 0 spiro atoms. The molecule has 0 fully saturated rings. The second-order valence-corrected chi connectivity index (χ2v) is 5.32. The highest BCUT2D eigenvalue weighted by Crippen LogP contribution is 2.35. The molecule has 3 aromatic rings. The van der Waals surface area contributed by atoms with Crippen LogP contribution in [0.1, 0.15) is 19.5 Å². The van der Waals surface area contributed by atoms with Gasteiger partial charge in [-0.25, -0.2) is 4.98 Å². The molecule has 1 aromatic carbocycles. The third-order valence-electron chi connectivity index (χ3n) is 3.30. The van der Waals surface area contributed by atoms with Gasteiger partial charge in [0.05, 0.1) is 18.9 Å². The molecule has 3 rings (SSSR count). The first-order chi connectivity index (χ1) is 10.6. The molecule has 0 amide bonds. The Labute approximate surface area is 128 Å². The van der Waals surface area contributed by atoms with Crippen molar-refractivity contribution < 1.29 is 14.0 Å². The molecule has 0 atom stereocenters.